The molecular formula is C14H21N3O. The number of pyridine rings is 1. The van der Waals surface area contributed by atoms with Crippen LogP contribution >= 0.6 is 0 Å². The molecule has 18 heavy (non-hydrogen) atoms. The average Bonchev–Trinajstić information content (AvgIpc) is 2.40. The third-order valence-corrected chi connectivity index (χ3v) is 3.73. The van der Waals surface area contributed by atoms with Crippen LogP contribution < -0.4 is 11.1 Å². The van der Waals surface area contributed by atoms with Crippen LogP contribution in [0, 0.1) is 5.92 Å². The summed E-state index contributed by atoms with van der Waals surface area (Å²) >= 11 is 0. The van der Waals surface area contributed by atoms with Gasteiger partial charge in [-0.25, -0.2) is 4.98 Å². The van der Waals surface area contributed by atoms with E-state index in [1.807, 2.05) is 0 Å². The SMILES string of the molecule is C[C@H](NC(=O)c1ccc(N)cn1)C1CCCCC1. The first-order valence-electron chi connectivity index (χ1n) is 6.69. The summed E-state index contributed by atoms with van der Waals surface area (Å²) in [5.41, 5.74) is 6.56. The summed E-state index contributed by atoms with van der Waals surface area (Å²) in [6.07, 6.45) is 7.85. The molecule has 0 bridgehead atoms. The van der Waals surface area contributed by atoms with Gasteiger partial charge in [0.25, 0.3) is 5.91 Å². The van der Waals surface area contributed by atoms with E-state index in [9.17, 15) is 4.79 Å². The first-order chi connectivity index (χ1) is 8.66. The van der Waals surface area contributed by atoms with Gasteiger partial charge in [0, 0.05) is 6.04 Å². The Hall–Kier alpha value is -1.58. The van der Waals surface area contributed by atoms with Crippen LogP contribution in [0.2, 0.25) is 0 Å². The fourth-order valence-electron chi connectivity index (χ4n) is 2.57. The number of amides is 1. The molecule has 2 rings (SSSR count). The number of anilines is 1. The van der Waals surface area contributed by atoms with Gasteiger partial charge in [0.05, 0.1) is 11.9 Å². The zero-order valence-electron chi connectivity index (χ0n) is 10.9. The van der Waals surface area contributed by atoms with Crippen molar-refractivity contribution < 1.29 is 4.79 Å². The number of hydrogen-bond acceptors (Lipinski definition) is 3. The van der Waals surface area contributed by atoms with Gasteiger partial charge in [-0.1, -0.05) is 19.3 Å². The normalized spacial score (nSPS) is 18.3. The minimum Gasteiger partial charge on any atom is -0.397 e. The Bertz CT molecular complexity index is 396. The highest BCUT2D eigenvalue weighted by atomic mass is 16.1. The molecular weight excluding hydrogens is 226 g/mol. The first kappa shape index (κ1) is 12.9. The Morgan fingerprint density at radius 2 is 2.11 bits per heavy atom. The monoisotopic (exact) mass is 247 g/mol. The maximum atomic E-state index is 12.0. The van der Waals surface area contributed by atoms with Gasteiger partial charge in [-0.05, 0) is 37.8 Å². The van der Waals surface area contributed by atoms with Gasteiger partial charge in [-0.3, -0.25) is 4.79 Å². The molecule has 0 radical (unpaired) electrons. The van der Waals surface area contributed by atoms with Crippen molar-refractivity contribution in [3.63, 3.8) is 0 Å². The summed E-state index contributed by atoms with van der Waals surface area (Å²) in [7, 11) is 0. The van der Waals surface area contributed by atoms with E-state index < -0.39 is 0 Å². The third-order valence-electron chi connectivity index (χ3n) is 3.73. The predicted molar refractivity (Wildman–Crippen MR) is 72.2 cm³/mol. The minimum atomic E-state index is -0.104. The van der Waals surface area contributed by atoms with E-state index in [0.717, 1.165) is 0 Å². The summed E-state index contributed by atoms with van der Waals surface area (Å²) in [5, 5.41) is 3.04. The van der Waals surface area contributed by atoms with Crippen molar-refractivity contribution in [2.24, 2.45) is 5.92 Å². The number of nitrogens with one attached hydrogen (secondary N) is 1. The Morgan fingerprint density at radius 1 is 1.39 bits per heavy atom. The largest absolute Gasteiger partial charge is 0.397 e. The molecule has 0 saturated heterocycles. The number of nitrogens with zero attached hydrogens (tertiary/aromatic N) is 1. The maximum Gasteiger partial charge on any atom is 0.270 e. The molecule has 1 aromatic heterocycles. The molecule has 0 aromatic carbocycles. The van der Waals surface area contributed by atoms with Crippen molar-refractivity contribution in [3.8, 4) is 0 Å². The lowest BCUT2D eigenvalue weighted by atomic mass is 9.84. The second-order valence-corrected chi connectivity index (χ2v) is 5.14. The van der Waals surface area contributed by atoms with Crippen LogP contribution in [0.25, 0.3) is 0 Å². The Labute approximate surface area is 108 Å². The fourth-order valence-corrected chi connectivity index (χ4v) is 2.57. The third kappa shape index (κ3) is 3.22. The minimum absolute atomic E-state index is 0.104. The zero-order valence-corrected chi connectivity index (χ0v) is 10.9. The number of carbonyl (C=O) groups is 1. The maximum absolute atomic E-state index is 12.0. The van der Waals surface area contributed by atoms with Crippen LogP contribution in [-0.2, 0) is 0 Å². The van der Waals surface area contributed by atoms with E-state index in [4.69, 9.17) is 5.73 Å². The highest BCUT2D eigenvalue weighted by Crippen LogP contribution is 2.26. The first-order valence-corrected chi connectivity index (χ1v) is 6.69. The van der Waals surface area contributed by atoms with E-state index in [0.29, 0.717) is 17.3 Å². The second kappa shape index (κ2) is 5.85. The molecule has 0 unspecified atom stereocenters. The number of nitrogens with two attached hydrogens (primary N) is 1. The molecule has 0 spiro atoms. The molecule has 1 atom stereocenters. The highest BCUT2D eigenvalue weighted by Gasteiger charge is 2.22. The summed E-state index contributed by atoms with van der Waals surface area (Å²) in [6, 6.07) is 3.59. The lowest BCUT2D eigenvalue weighted by Gasteiger charge is -2.28. The van der Waals surface area contributed by atoms with Gasteiger partial charge in [0.15, 0.2) is 0 Å². The molecule has 1 saturated carbocycles. The van der Waals surface area contributed by atoms with E-state index in [1.165, 1.54) is 38.3 Å². The van der Waals surface area contributed by atoms with Gasteiger partial charge in [0.2, 0.25) is 0 Å². The van der Waals surface area contributed by atoms with Crippen LogP contribution in [0.3, 0.4) is 0 Å². The summed E-state index contributed by atoms with van der Waals surface area (Å²) in [4.78, 5) is 16.0. The van der Waals surface area contributed by atoms with Crippen molar-refractivity contribution >= 4 is 11.6 Å². The van der Waals surface area contributed by atoms with E-state index in [-0.39, 0.29) is 11.9 Å². The lowest BCUT2D eigenvalue weighted by Crippen LogP contribution is -2.39. The summed E-state index contributed by atoms with van der Waals surface area (Å²) in [6.45, 7) is 2.09. The number of carbonyl (C=O) groups excluding carboxylic acids is 1. The summed E-state index contributed by atoms with van der Waals surface area (Å²) < 4.78 is 0. The van der Waals surface area contributed by atoms with Gasteiger partial charge in [-0.15, -0.1) is 0 Å². The van der Waals surface area contributed by atoms with Gasteiger partial charge >= 0.3 is 0 Å². The standard InChI is InChI=1S/C14H21N3O/c1-10(11-5-3-2-4-6-11)17-14(18)13-8-7-12(15)9-16-13/h7-11H,2-6,15H2,1H3,(H,17,18)/t10-/m0/s1. The highest BCUT2D eigenvalue weighted by molar-refractivity contribution is 5.92. The molecule has 1 aliphatic rings. The van der Waals surface area contributed by atoms with E-state index >= 15 is 0 Å². The molecule has 1 aromatic rings. The Kier molecular flexibility index (Phi) is 4.18. The Balaban J connectivity index is 1.91. The lowest BCUT2D eigenvalue weighted by molar-refractivity contribution is 0.0914. The zero-order chi connectivity index (χ0) is 13.0. The average molecular weight is 247 g/mol. The number of hydrogen-bond donors (Lipinski definition) is 2. The molecule has 4 heteroatoms. The Morgan fingerprint density at radius 3 is 2.72 bits per heavy atom. The fraction of sp³-hybridized carbons (Fsp3) is 0.571. The smallest absolute Gasteiger partial charge is 0.270 e. The quantitative estimate of drug-likeness (QED) is 0.861. The molecule has 4 nitrogen and oxygen atoms in total. The van der Waals surface area contributed by atoms with Crippen molar-refractivity contribution in [1.29, 1.82) is 0 Å². The number of nitrogen functional groups attached to an aromatic ring is 1. The van der Waals surface area contributed by atoms with Crippen molar-refractivity contribution in [2.75, 3.05) is 5.73 Å². The number of aromatic nitrogens is 1. The topological polar surface area (TPSA) is 68.0 Å². The van der Waals surface area contributed by atoms with Crippen LogP contribution in [0.15, 0.2) is 18.3 Å². The van der Waals surface area contributed by atoms with Crippen molar-refractivity contribution in [1.82, 2.24) is 10.3 Å². The van der Waals surface area contributed by atoms with Crippen LogP contribution in [-0.4, -0.2) is 16.9 Å². The van der Waals surface area contributed by atoms with Crippen LogP contribution in [0.4, 0.5) is 5.69 Å². The predicted octanol–water partition coefficient (Wildman–Crippen LogP) is 2.36. The summed E-state index contributed by atoms with van der Waals surface area (Å²) in [5.74, 6) is 0.504. The van der Waals surface area contributed by atoms with Gasteiger partial charge in [0.1, 0.15) is 5.69 Å². The van der Waals surface area contributed by atoms with Gasteiger partial charge < -0.3 is 11.1 Å². The molecule has 1 aliphatic carbocycles. The van der Waals surface area contributed by atoms with Crippen molar-refractivity contribution in [3.05, 3.63) is 24.0 Å². The molecule has 0 aliphatic heterocycles. The van der Waals surface area contributed by atoms with Crippen LogP contribution in [0.5, 0.6) is 0 Å². The molecule has 1 heterocycles. The van der Waals surface area contributed by atoms with Crippen LogP contribution in [0.1, 0.15) is 49.5 Å². The van der Waals surface area contributed by atoms with Crippen molar-refractivity contribution in [2.45, 2.75) is 45.1 Å². The molecule has 98 valence electrons. The molecule has 3 N–H and O–H groups in total. The second-order valence-electron chi connectivity index (χ2n) is 5.14. The van der Waals surface area contributed by atoms with Gasteiger partial charge in [-0.2, -0.15) is 0 Å². The number of rotatable bonds is 3. The molecule has 1 fully saturated rings. The van der Waals surface area contributed by atoms with E-state index in [1.54, 1.807) is 12.1 Å². The molecule has 1 amide bonds. The van der Waals surface area contributed by atoms with E-state index in [2.05, 4.69) is 17.2 Å².